The summed E-state index contributed by atoms with van der Waals surface area (Å²) >= 11 is 5.82. The highest BCUT2D eigenvalue weighted by Gasteiger charge is 2.26. The van der Waals surface area contributed by atoms with E-state index in [1.807, 2.05) is 0 Å². The monoisotopic (exact) mass is 294 g/mol. The number of sulfonamides is 1. The molecule has 0 bridgehead atoms. The molecule has 1 aromatic rings. The molecule has 0 aliphatic rings. The topological polar surface area (TPSA) is 109 Å². The van der Waals surface area contributed by atoms with Crippen molar-refractivity contribution < 1.29 is 13.5 Å². The summed E-state index contributed by atoms with van der Waals surface area (Å²) in [5, 5.41) is 9.08. The molecule has 18 heavy (non-hydrogen) atoms. The number of hydrazine groups is 1. The Morgan fingerprint density at radius 3 is 2.72 bits per heavy atom. The van der Waals surface area contributed by atoms with Crippen LogP contribution in [0, 0.1) is 0 Å². The van der Waals surface area contributed by atoms with E-state index in [0.717, 1.165) is 10.5 Å². The summed E-state index contributed by atoms with van der Waals surface area (Å²) in [6.07, 6.45) is 1.15. The predicted octanol–water partition coefficient (Wildman–Crippen LogP) is 0.0219. The number of pyridine rings is 1. The molecule has 0 aromatic carbocycles. The van der Waals surface area contributed by atoms with Crippen molar-refractivity contribution >= 4 is 27.4 Å². The summed E-state index contributed by atoms with van der Waals surface area (Å²) < 4.78 is 25.3. The number of halogens is 1. The summed E-state index contributed by atoms with van der Waals surface area (Å²) in [5.74, 6) is 5.34. The van der Waals surface area contributed by atoms with E-state index in [-0.39, 0.29) is 22.3 Å². The van der Waals surface area contributed by atoms with Gasteiger partial charge in [0.05, 0.1) is 11.6 Å². The molecule has 0 saturated carbocycles. The Morgan fingerprint density at radius 2 is 2.28 bits per heavy atom. The Bertz CT molecular complexity index is 523. The maximum absolute atomic E-state index is 12.1. The second-order valence-electron chi connectivity index (χ2n) is 3.70. The van der Waals surface area contributed by atoms with Gasteiger partial charge in [-0.15, -0.1) is 0 Å². The van der Waals surface area contributed by atoms with Crippen LogP contribution in [0.15, 0.2) is 17.2 Å². The van der Waals surface area contributed by atoms with Crippen LogP contribution in [0.5, 0.6) is 0 Å². The van der Waals surface area contributed by atoms with Crippen molar-refractivity contribution in [3.8, 4) is 0 Å². The molecule has 0 amide bonds. The lowest BCUT2D eigenvalue weighted by Crippen LogP contribution is -2.37. The van der Waals surface area contributed by atoms with Crippen LogP contribution < -0.4 is 11.3 Å². The zero-order chi connectivity index (χ0) is 13.9. The molecule has 0 aliphatic heterocycles. The molecule has 9 heteroatoms. The lowest BCUT2D eigenvalue weighted by atomic mass is 10.4. The Morgan fingerprint density at radius 1 is 1.67 bits per heavy atom. The summed E-state index contributed by atoms with van der Waals surface area (Å²) in [7, 11) is -2.37. The van der Waals surface area contributed by atoms with E-state index in [0.29, 0.717) is 0 Å². The first kappa shape index (κ1) is 15.1. The van der Waals surface area contributed by atoms with E-state index in [9.17, 15) is 8.42 Å². The summed E-state index contributed by atoms with van der Waals surface area (Å²) in [4.78, 5) is 3.73. The third kappa shape index (κ3) is 2.90. The maximum Gasteiger partial charge on any atom is 0.244 e. The first-order valence-corrected chi connectivity index (χ1v) is 6.87. The molecule has 0 fully saturated rings. The number of hydrogen-bond acceptors (Lipinski definition) is 6. The van der Waals surface area contributed by atoms with Crippen LogP contribution in [-0.2, 0) is 10.0 Å². The number of nitrogens with two attached hydrogens (primary N) is 1. The fraction of sp³-hybridized carbons (Fsp3) is 0.444. The van der Waals surface area contributed by atoms with E-state index in [4.69, 9.17) is 22.6 Å². The van der Waals surface area contributed by atoms with Crippen molar-refractivity contribution in [1.82, 2.24) is 9.29 Å². The molecular weight excluding hydrogens is 280 g/mol. The van der Waals surface area contributed by atoms with Crippen molar-refractivity contribution in [2.45, 2.75) is 17.9 Å². The molecule has 4 N–H and O–H groups in total. The number of aliphatic hydroxyl groups excluding tert-OH is 1. The molecule has 1 atom stereocenters. The van der Waals surface area contributed by atoms with Crippen LogP contribution in [0.1, 0.15) is 6.92 Å². The average molecular weight is 295 g/mol. The summed E-state index contributed by atoms with van der Waals surface area (Å²) in [6, 6.07) is 0.709. The number of aliphatic hydroxyl groups is 1. The van der Waals surface area contributed by atoms with Gasteiger partial charge in [0.25, 0.3) is 0 Å². The molecule has 0 radical (unpaired) electrons. The van der Waals surface area contributed by atoms with Crippen molar-refractivity contribution in [2.75, 3.05) is 19.1 Å². The number of likely N-dealkylation sites (N-methyl/N-ethyl adjacent to an activating group) is 1. The quantitative estimate of drug-likeness (QED) is 0.522. The third-order valence-electron chi connectivity index (χ3n) is 2.51. The van der Waals surface area contributed by atoms with Gasteiger partial charge in [0.15, 0.2) is 5.82 Å². The smallest absolute Gasteiger partial charge is 0.244 e. The van der Waals surface area contributed by atoms with Gasteiger partial charge >= 0.3 is 0 Å². The number of aromatic nitrogens is 1. The zero-order valence-electron chi connectivity index (χ0n) is 9.96. The molecule has 0 spiro atoms. The Balaban J connectivity index is 3.17. The minimum atomic E-state index is -3.74. The van der Waals surface area contributed by atoms with Gasteiger partial charge in [-0.25, -0.2) is 19.2 Å². The number of hydrogen-bond donors (Lipinski definition) is 3. The molecule has 0 saturated heterocycles. The van der Waals surface area contributed by atoms with Gasteiger partial charge in [0.2, 0.25) is 10.0 Å². The molecule has 1 heterocycles. The highest BCUT2D eigenvalue weighted by molar-refractivity contribution is 7.89. The van der Waals surface area contributed by atoms with Gasteiger partial charge in [-0.3, -0.25) is 0 Å². The van der Waals surface area contributed by atoms with E-state index >= 15 is 0 Å². The van der Waals surface area contributed by atoms with Crippen molar-refractivity contribution in [1.29, 1.82) is 0 Å². The Kier molecular flexibility index (Phi) is 4.88. The number of nitrogen functional groups attached to an aromatic ring is 1. The van der Waals surface area contributed by atoms with E-state index in [1.54, 1.807) is 6.92 Å². The molecule has 7 nitrogen and oxygen atoms in total. The Hall–Kier alpha value is -0.930. The van der Waals surface area contributed by atoms with Gasteiger partial charge < -0.3 is 10.5 Å². The average Bonchev–Trinajstić information content (AvgIpc) is 2.36. The number of nitrogens with one attached hydrogen (secondary N) is 1. The van der Waals surface area contributed by atoms with Gasteiger partial charge in [0.1, 0.15) is 4.90 Å². The van der Waals surface area contributed by atoms with Crippen LogP contribution in [0.2, 0.25) is 5.02 Å². The van der Waals surface area contributed by atoms with E-state index < -0.39 is 16.1 Å². The normalized spacial score (nSPS) is 13.7. The highest BCUT2D eigenvalue weighted by atomic mass is 35.5. The van der Waals surface area contributed by atoms with Crippen LogP contribution in [0.3, 0.4) is 0 Å². The first-order chi connectivity index (χ1) is 8.34. The Labute approximate surface area is 111 Å². The third-order valence-corrected chi connectivity index (χ3v) is 4.74. The lowest BCUT2D eigenvalue weighted by molar-refractivity contribution is 0.214. The van der Waals surface area contributed by atoms with Crippen molar-refractivity contribution in [2.24, 2.45) is 5.84 Å². The van der Waals surface area contributed by atoms with Crippen molar-refractivity contribution in [3.05, 3.63) is 17.3 Å². The fourth-order valence-electron chi connectivity index (χ4n) is 1.19. The molecule has 1 aromatic heterocycles. The second-order valence-corrected chi connectivity index (χ2v) is 6.10. The van der Waals surface area contributed by atoms with E-state index in [1.165, 1.54) is 13.1 Å². The summed E-state index contributed by atoms with van der Waals surface area (Å²) in [5.41, 5.74) is 2.25. The fourth-order valence-corrected chi connectivity index (χ4v) is 2.80. The standard InChI is InChI=1S/C9H15ClN4O3S/c1-6(5-15)14(2)18(16,17)7-3-8(10)9(13-11)12-4-7/h3-4,6,15H,5,11H2,1-2H3,(H,12,13). The highest BCUT2D eigenvalue weighted by Crippen LogP contribution is 2.24. The van der Waals surface area contributed by atoms with Crippen LogP contribution in [-0.4, -0.2) is 42.5 Å². The number of rotatable bonds is 5. The molecule has 0 aliphatic carbocycles. The molecule has 1 rings (SSSR count). The number of anilines is 1. The van der Waals surface area contributed by atoms with Crippen LogP contribution >= 0.6 is 11.6 Å². The molecular formula is C9H15ClN4O3S. The maximum atomic E-state index is 12.1. The molecule has 102 valence electrons. The zero-order valence-corrected chi connectivity index (χ0v) is 11.5. The lowest BCUT2D eigenvalue weighted by Gasteiger charge is -2.22. The van der Waals surface area contributed by atoms with Crippen molar-refractivity contribution in [3.63, 3.8) is 0 Å². The minimum absolute atomic E-state index is 0.0608. The van der Waals surface area contributed by atoms with Crippen LogP contribution in [0.4, 0.5) is 5.82 Å². The minimum Gasteiger partial charge on any atom is -0.395 e. The second kappa shape index (κ2) is 5.81. The number of nitrogens with zero attached hydrogens (tertiary/aromatic N) is 2. The molecule has 1 unspecified atom stereocenters. The van der Waals surface area contributed by atoms with Gasteiger partial charge in [-0.05, 0) is 13.0 Å². The van der Waals surface area contributed by atoms with Crippen LogP contribution in [0.25, 0.3) is 0 Å². The first-order valence-electron chi connectivity index (χ1n) is 5.05. The summed E-state index contributed by atoms with van der Waals surface area (Å²) in [6.45, 7) is 1.31. The predicted molar refractivity (Wildman–Crippen MR) is 68.6 cm³/mol. The largest absolute Gasteiger partial charge is 0.395 e. The SMILES string of the molecule is CC(CO)N(C)S(=O)(=O)c1cnc(NN)c(Cl)c1. The van der Waals surface area contributed by atoms with Gasteiger partial charge in [-0.1, -0.05) is 11.6 Å². The van der Waals surface area contributed by atoms with Gasteiger partial charge in [0, 0.05) is 19.3 Å². The van der Waals surface area contributed by atoms with E-state index in [2.05, 4.69) is 10.4 Å². The van der Waals surface area contributed by atoms with Gasteiger partial charge in [-0.2, -0.15) is 4.31 Å².